The standard InChI is InChI=1S/C19H19N3O4/c1-21(12-13-26-15-7-5-14(25-2)6-8-15)18-10-9-17-16(4-3-11-20-17)19(18)22(23)24/h3-11H,12-13H2,1-2H3. The van der Waals surface area contributed by atoms with Gasteiger partial charge >= 0.3 is 5.69 Å². The maximum absolute atomic E-state index is 11.6. The van der Waals surface area contributed by atoms with Crippen LogP contribution in [-0.4, -0.2) is 37.2 Å². The van der Waals surface area contributed by atoms with Crippen LogP contribution in [0, 0.1) is 10.1 Å². The van der Waals surface area contributed by atoms with Crippen molar-refractivity contribution in [2.24, 2.45) is 0 Å². The SMILES string of the molecule is COc1ccc(OCCN(C)c2ccc3ncccc3c2[N+](=O)[O-])cc1. The Kier molecular flexibility index (Phi) is 5.17. The normalized spacial score (nSPS) is 10.5. The molecule has 0 saturated heterocycles. The second kappa shape index (κ2) is 7.69. The van der Waals surface area contributed by atoms with Crippen molar-refractivity contribution < 1.29 is 14.4 Å². The fourth-order valence-electron chi connectivity index (χ4n) is 2.72. The monoisotopic (exact) mass is 353 g/mol. The Morgan fingerprint density at radius 3 is 2.54 bits per heavy atom. The van der Waals surface area contributed by atoms with Crippen LogP contribution in [-0.2, 0) is 0 Å². The first-order chi connectivity index (χ1) is 12.6. The van der Waals surface area contributed by atoms with Crippen LogP contribution in [0.5, 0.6) is 11.5 Å². The fraction of sp³-hybridized carbons (Fsp3) is 0.211. The molecule has 0 spiro atoms. The van der Waals surface area contributed by atoms with Crippen LogP contribution < -0.4 is 14.4 Å². The lowest BCUT2D eigenvalue weighted by molar-refractivity contribution is -0.382. The van der Waals surface area contributed by atoms with Crippen molar-refractivity contribution in [1.29, 1.82) is 0 Å². The zero-order valence-corrected chi connectivity index (χ0v) is 14.6. The topological polar surface area (TPSA) is 77.7 Å². The summed E-state index contributed by atoms with van der Waals surface area (Å²) in [5, 5.41) is 12.1. The molecule has 0 amide bonds. The zero-order valence-electron chi connectivity index (χ0n) is 14.6. The van der Waals surface area contributed by atoms with Crippen LogP contribution >= 0.6 is 0 Å². The van der Waals surface area contributed by atoms with E-state index in [2.05, 4.69) is 4.98 Å². The third-order valence-electron chi connectivity index (χ3n) is 4.08. The minimum Gasteiger partial charge on any atom is -0.497 e. The van der Waals surface area contributed by atoms with E-state index in [1.165, 1.54) is 0 Å². The summed E-state index contributed by atoms with van der Waals surface area (Å²) in [6.07, 6.45) is 1.62. The smallest absolute Gasteiger partial charge is 0.301 e. The Hall–Kier alpha value is -3.35. The lowest BCUT2D eigenvalue weighted by Gasteiger charge is -2.20. The average molecular weight is 353 g/mol. The molecule has 7 heteroatoms. The highest BCUT2D eigenvalue weighted by atomic mass is 16.6. The number of ether oxygens (including phenoxy) is 2. The van der Waals surface area contributed by atoms with Gasteiger partial charge in [-0.25, -0.2) is 0 Å². The van der Waals surface area contributed by atoms with Gasteiger partial charge in [0.1, 0.15) is 23.8 Å². The van der Waals surface area contributed by atoms with E-state index in [-0.39, 0.29) is 10.6 Å². The number of anilines is 1. The van der Waals surface area contributed by atoms with Crippen molar-refractivity contribution in [2.45, 2.75) is 0 Å². The third-order valence-corrected chi connectivity index (χ3v) is 4.08. The molecule has 0 aliphatic rings. The predicted octanol–water partition coefficient (Wildman–Crippen LogP) is 3.67. The highest BCUT2D eigenvalue weighted by molar-refractivity contribution is 5.94. The number of likely N-dealkylation sites (N-methyl/N-ethyl adjacent to an activating group) is 1. The van der Waals surface area contributed by atoms with Crippen molar-refractivity contribution in [1.82, 2.24) is 4.98 Å². The molecule has 2 aromatic carbocycles. The number of nitro groups is 1. The van der Waals surface area contributed by atoms with E-state index >= 15 is 0 Å². The number of hydrogen-bond acceptors (Lipinski definition) is 6. The van der Waals surface area contributed by atoms with Gasteiger partial charge in [0.25, 0.3) is 0 Å². The Morgan fingerprint density at radius 2 is 1.85 bits per heavy atom. The first-order valence-corrected chi connectivity index (χ1v) is 8.10. The summed E-state index contributed by atoms with van der Waals surface area (Å²) in [6.45, 7) is 0.893. The quantitative estimate of drug-likeness (QED) is 0.476. The van der Waals surface area contributed by atoms with Gasteiger partial charge in [0, 0.05) is 13.2 Å². The van der Waals surface area contributed by atoms with Gasteiger partial charge in [-0.15, -0.1) is 0 Å². The summed E-state index contributed by atoms with van der Waals surface area (Å²) < 4.78 is 10.8. The summed E-state index contributed by atoms with van der Waals surface area (Å²) in [7, 11) is 3.42. The van der Waals surface area contributed by atoms with E-state index in [1.54, 1.807) is 37.6 Å². The second-order valence-electron chi connectivity index (χ2n) is 5.71. The summed E-state index contributed by atoms with van der Waals surface area (Å²) in [6, 6.07) is 14.2. The van der Waals surface area contributed by atoms with Crippen LogP contribution in [0.1, 0.15) is 0 Å². The number of nitrogens with zero attached hydrogens (tertiary/aromatic N) is 3. The molecule has 26 heavy (non-hydrogen) atoms. The zero-order chi connectivity index (χ0) is 18.5. The first kappa shape index (κ1) is 17.5. The largest absolute Gasteiger partial charge is 0.497 e. The molecule has 0 atom stereocenters. The molecule has 3 aromatic rings. The van der Waals surface area contributed by atoms with Gasteiger partial charge < -0.3 is 14.4 Å². The van der Waals surface area contributed by atoms with Crippen LogP contribution in [0.4, 0.5) is 11.4 Å². The molecule has 0 aliphatic heterocycles. The number of methoxy groups -OCH3 is 1. The van der Waals surface area contributed by atoms with E-state index in [9.17, 15) is 10.1 Å². The number of nitro benzene ring substituents is 1. The van der Waals surface area contributed by atoms with Crippen LogP contribution in [0.15, 0.2) is 54.7 Å². The van der Waals surface area contributed by atoms with Crippen LogP contribution in [0.3, 0.4) is 0 Å². The second-order valence-corrected chi connectivity index (χ2v) is 5.71. The molecular weight excluding hydrogens is 334 g/mol. The molecule has 0 fully saturated rings. The Balaban J connectivity index is 1.73. The van der Waals surface area contributed by atoms with Gasteiger partial charge in [-0.3, -0.25) is 15.1 Å². The Labute approximate surface area is 150 Å². The van der Waals surface area contributed by atoms with Crippen molar-refractivity contribution in [3.05, 3.63) is 64.8 Å². The van der Waals surface area contributed by atoms with E-state index in [1.807, 2.05) is 36.2 Å². The minimum absolute atomic E-state index is 0.0579. The Morgan fingerprint density at radius 1 is 1.12 bits per heavy atom. The van der Waals surface area contributed by atoms with Gasteiger partial charge in [-0.1, -0.05) is 0 Å². The van der Waals surface area contributed by atoms with Gasteiger partial charge in [-0.05, 0) is 48.5 Å². The first-order valence-electron chi connectivity index (χ1n) is 8.10. The van der Waals surface area contributed by atoms with Crippen LogP contribution in [0.2, 0.25) is 0 Å². The Bertz CT molecular complexity index is 912. The number of hydrogen-bond donors (Lipinski definition) is 0. The summed E-state index contributed by atoms with van der Waals surface area (Å²) >= 11 is 0. The average Bonchev–Trinajstić information content (AvgIpc) is 2.67. The van der Waals surface area contributed by atoms with Gasteiger partial charge in [0.2, 0.25) is 0 Å². The van der Waals surface area contributed by atoms with E-state index in [0.29, 0.717) is 29.7 Å². The molecular formula is C19H19N3O4. The van der Waals surface area contributed by atoms with Crippen LogP contribution in [0.25, 0.3) is 10.9 Å². The lowest BCUT2D eigenvalue weighted by atomic mass is 10.1. The van der Waals surface area contributed by atoms with E-state index < -0.39 is 0 Å². The fourth-order valence-corrected chi connectivity index (χ4v) is 2.72. The molecule has 134 valence electrons. The lowest BCUT2D eigenvalue weighted by Crippen LogP contribution is -2.24. The van der Waals surface area contributed by atoms with Crippen molar-refractivity contribution in [3.8, 4) is 11.5 Å². The number of rotatable bonds is 7. The van der Waals surface area contributed by atoms with Gasteiger partial charge in [-0.2, -0.15) is 0 Å². The highest BCUT2D eigenvalue weighted by Gasteiger charge is 2.21. The molecule has 0 bridgehead atoms. The number of pyridine rings is 1. The van der Waals surface area contributed by atoms with Gasteiger partial charge in [0.15, 0.2) is 0 Å². The molecule has 0 saturated carbocycles. The molecule has 1 aromatic heterocycles. The maximum atomic E-state index is 11.6. The van der Waals surface area contributed by atoms with Crippen molar-refractivity contribution in [3.63, 3.8) is 0 Å². The maximum Gasteiger partial charge on any atom is 0.301 e. The number of fused-ring (bicyclic) bond motifs is 1. The van der Waals surface area contributed by atoms with Crippen molar-refractivity contribution >= 4 is 22.3 Å². The number of aromatic nitrogens is 1. The molecule has 7 nitrogen and oxygen atoms in total. The molecule has 0 N–H and O–H groups in total. The summed E-state index contributed by atoms with van der Waals surface area (Å²) in [5.74, 6) is 1.48. The predicted molar refractivity (Wildman–Crippen MR) is 100 cm³/mol. The summed E-state index contributed by atoms with van der Waals surface area (Å²) in [4.78, 5) is 17.2. The molecule has 0 radical (unpaired) electrons. The molecule has 0 unspecified atom stereocenters. The van der Waals surface area contributed by atoms with E-state index in [4.69, 9.17) is 9.47 Å². The highest BCUT2D eigenvalue weighted by Crippen LogP contribution is 2.34. The molecule has 0 aliphatic carbocycles. The minimum atomic E-state index is -0.361. The number of benzene rings is 2. The van der Waals surface area contributed by atoms with E-state index in [0.717, 1.165) is 11.5 Å². The summed E-state index contributed by atoms with van der Waals surface area (Å²) in [5.41, 5.74) is 1.20. The molecule has 3 rings (SSSR count). The van der Waals surface area contributed by atoms with Crippen molar-refractivity contribution in [2.75, 3.05) is 32.2 Å². The third kappa shape index (κ3) is 3.66. The van der Waals surface area contributed by atoms with Gasteiger partial charge in [0.05, 0.1) is 29.5 Å². The molecule has 1 heterocycles.